The van der Waals surface area contributed by atoms with Crippen molar-refractivity contribution in [2.45, 2.75) is 49.2 Å². The molecule has 3 rings (SSSR count). The Labute approximate surface area is 144 Å². The summed E-state index contributed by atoms with van der Waals surface area (Å²) in [5, 5.41) is 15.2. The largest absolute Gasteiger partial charge is 0.357 e. The van der Waals surface area contributed by atoms with Crippen molar-refractivity contribution in [1.82, 2.24) is 10.2 Å². The Balaban J connectivity index is 1.58. The molecule has 1 aliphatic rings. The number of carbonyl (C=O) groups excluding carboxylic acids is 1. The fraction of sp³-hybridized carbons (Fsp3) is 0.438. The number of thioether (sulfide) groups is 1. The van der Waals surface area contributed by atoms with Gasteiger partial charge in [0.2, 0.25) is 11.0 Å². The molecule has 1 saturated carbocycles. The Hall–Kier alpha value is -1.60. The molecule has 23 heavy (non-hydrogen) atoms. The minimum absolute atomic E-state index is 0.0180. The van der Waals surface area contributed by atoms with Gasteiger partial charge in [-0.2, -0.15) is 0 Å². The Morgan fingerprint density at radius 3 is 2.87 bits per heavy atom. The molecule has 5 nitrogen and oxygen atoms in total. The number of aryl methyl sites for hydroxylation is 2. The van der Waals surface area contributed by atoms with Crippen LogP contribution in [0.1, 0.15) is 30.9 Å². The molecule has 122 valence electrons. The van der Waals surface area contributed by atoms with Crippen LogP contribution in [-0.4, -0.2) is 27.4 Å². The van der Waals surface area contributed by atoms with E-state index >= 15 is 0 Å². The van der Waals surface area contributed by atoms with Gasteiger partial charge in [-0.25, -0.2) is 0 Å². The Morgan fingerprint density at radius 1 is 1.35 bits per heavy atom. The smallest absolute Gasteiger partial charge is 0.237 e. The van der Waals surface area contributed by atoms with Crippen LogP contribution in [0.15, 0.2) is 22.5 Å². The highest BCUT2D eigenvalue weighted by Crippen LogP contribution is 2.32. The summed E-state index contributed by atoms with van der Waals surface area (Å²) in [7, 11) is 0. The van der Waals surface area contributed by atoms with Crippen LogP contribution >= 0.6 is 23.1 Å². The van der Waals surface area contributed by atoms with Crippen molar-refractivity contribution in [3.63, 3.8) is 0 Å². The van der Waals surface area contributed by atoms with Gasteiger partial charge in [-0.3, -0.25) is 4.79 Å². The summed E-state index contributed by atoms with van der Waals surface area (Å²) in [5.74, 6) is -0.0180. The van der Waals surface area contributed by atoms with Gasteiger partial charge in [-0.05, 0) is 50.8 Å². The summed E-state index contributed by atoms with van der Waals surface area (Å²) in [6.07, 6.45) is 2.41. The van der Waals surface area contributed by atoms with Crippen molar-refractivity contribution in [3.05, 3.63) is 29.3 Å². The Bertz CT molecular complexity index is 712. The number of benzene rings is 1. The van der Waals surface area contributed by atoms with Crippen LogP contribution in [0.25, 0.3) is 0 Å². The standard InChI is InChI=1S/C16H20N4OS2/c1-9-4-5-10(2)13(8-9)18-14(21)11(3)22-16-20-19-15(23-16)17-12-6-7-12/h4-5,8,11-12H,6-7H2,1-3H3,(H,17,19)(H,18,21)/t11-/m0/s1. The first-order chi connectivity index (χ1) is 11.0. The fourth-order valence-electron chi connectivity index (χ4n) is 2.03. The van der Waals surface area contributed by atoms with E-state index in [9.17, 15) is 4.79 Å². The van der Waals surface area contributed by atoms with Crippen LogP contribution in [0.5, 0.6) is 0 Å². The van der Waals surface area contributed by atoms with E-state index in [4.69, 9.17) is 0 Å². The van der Waals surface area contributed by atoms with Crippen LogP contribution in [0, 0.1) is 13.8 Å². The molecule has 1 aromatic carbocycles. The van der Waals surface area contributed by atoms with Crippen molar-refractivity contribution in [2.24, 2.45) is 0 Å². The lowest BCUT2D eigenvalue weighted by molar-refractivity contribution is -0.115. The number of anilines is 2. The lowest BCUT2D eigenvalue weighted by atomic mass is 10.1. The van der Waals surface area contributed by atoms with Gasteiger partial charge in [0.05, 0.1) is 5.25 Å². The molecule has 0 saturated heterocycles. The van der Waals surface area contributed by atoms with Crippen LogP contribution in [0.4, 0.5) is 10.8 Å². The maximum Gasteiger partial charge on any atom is 0.237 e. The first kappa shape index (κ1) is 16.3. The maximum atomic E-state index is 12.4. The number of nitrogens with zero attached hydrogens (tertiary/aromatic N) is 2. The second-order valence-electron chi connectivity index (χ2n) is 5.86. The zero-order valence-electron chi connectivity index (χ0n) is 13.4. The van der Waals surface area contributed by atoms with E-state index in [0.29, 0.717) is 6.04 Å². The fourth-order valence-corrected chi connectivity index (χ4v) is 4.00. The molecule has 7 heteroatoms. The molecule has 1 aromatic heterocycles. The average molecular weight is 348 g/mol. The highest BCUT2D eigenvalue weighted by Gasteiger charge is 2.23. The quantitative estimate of drug-likeness (QED) is 0.776. The predicted molar refractivity (Wildman–Crippen MR) is 96.4 cm³/mol. The molecule has 0 radical (unpaired) electrons. The number of aromatic nitrogens is 2. The van der Waals surface area contributed by atoms with Gasteiger partial charge in [0, 0.05) is 11.7 Å². The topological polar surface area (TPSA) is 66.9 Å². The van der Waals surface area contributed by atoms with E-state index in [2.05, 4.69) is 20.8 Å². The Morgan fingerprint density at radius 2 is 2.13 bits per heavy atom. The first-order valence-corrected chi connectivity index (χ1v) is 9.35. The molecule has 1 heterocycles. The SMILES string of the molecule is Cc1ccc(C)c(NC(=O)[C@H](C)Sc2nnc(NC3CC3)s2)c1. The summed E-state index contributed by atoms with van der Waals surface area (Å²) >= 11 is 2.95. The van der Waals surface area contributed by atoms with Crippen molar-refractivity contribution in [3.8, 4) is 0 Å². The molecule has 1 aliphatic carbocycles. The number of amides is 1. The van der Waals surface area contributed by atoms with Crippen molar-refractivity contribution in [2.75, 3.05) is 10.6 Å². The van der Waals surface area contributed by atoms with Gasteiger partial charge >= 0.3 is 0 Å². The van der Waals surface area contributed by atoms with E-state index in [-0.39, 0.29) is 11.2 Å². The van der Waals surface area contributed by atoms with Gasteiger partial charge in [-0.15, -0.1) is 10.2 Å². The molecule has 2 N–H and O–H groups in total. The maximum absolute atomic E-state index is 12.4. The van der Waals surface area contributed by atoms with Gasteiger partial charge in [0.15, 0.2) is 4.34 Å². The van der Waals surface area contributed by atoms with E-state index in [0.717, 1.165) is 26.3 Å². The summed E-state index contributed by atoms with van der Waals surface area (Å²) in [6.45, 7) is 5.90. The second kappa shape index (κ2) is 6.88. The van der Waals surface area contributed by atoms with Crippen LogP contribution in [-0.2, 0) is 4.79 Å². The van der Waals surface area contributed by atoms with Gasteiger partial charge in [-0.1, -0.05) is 35.2 Å². The summed E-state index contributed by atoms with van der Waals surface area (Å²) in [5.41, 5.74) is 3.06. The van der Waals surface area contributed by atoms with Gasteiger partial charge < -0.3 is 10.6 Å². The van der Waals surface area contributed by atoms with Gasteiger partial charge in [0.1, 0.15) is 0 Å². The van der Waals surface area contributed by atoms with Crippen molar-refractivity contribution in [1.29, 1.82) is 0 Å². The predicted octanol–water partition coefficient (Wildman–Crippen LogP) is 3.85. The number of hydrogen-bond donors (Lipinski definition) is 2. The van der Waals surface area contributed by atoms with E-state index in [1.54, 1.807) is 0 Å². The third kappa shape index (κ3) is 4.45. The molecule has 1 atom stereocenters. The third-order valence-corrected chi connectivity index (χ3v) is 5.65. The van der Waals surface area contributed by atoms with Crippen molar-refractivity contribution >= 4 is 39.8 Å². The molecule has 1 amide bonds. The number of rotatable bonds is 6. The molecule has 0 spiro atoms. The van der Waals surface area contributed by atoms with Crippen LogP contribution in [0.2, 0.25) is 0 Å². The Kier molecular flexibility index (Phi) is 4.87. The molecule has 0 unspecified atom stereocenters. The van der Waals surface area contributed by atoms with Crippen molar-refractivity contribution < 1.29 is 4.79 Å². The molecule has 2 aromatic rings. The van der Waals surface area contributed by atoms with E-state index < -0.39 is 0 Å². The minimum atomic E-state index is -0.225. The number of nitrogens with one attached hydrogen (secondary N) is 2. The molecule has 0 bridgehead atoms. The number of hydrogen-bond acceptors (Lipinski definition) is 6. The first-order valence-electron chi connectivity index (χ1n) is 7.66. The molecule has 1 fully saturated rings. The third-order valence-electron chi connectivity index (χ3n) is 3.61. The molecule has 0 aliphatic heterocycles. The van der Waals surface area contributed by atoms with Crippen LogP contribution < -0.4 is 10.6 Å². The lowest BCUT2D eigenvalue weighted by Gasteiger charge is -2.12. The monoisotopic (exact) mass is 348 g/mol. The number of carbonyl (C=O) groups is 1. The summed E-state index contributed by atoms with van der Waals surface area (Å²) < 4.78 is 0.816. The van der Waals surface area contributed by atoms with Crippen LogP contribution in [0.3, 0.4) is 0 Å². The van der Waals surface area contributed by atoms with Gasteiger partial charge in [0.25, 0.3) is 0 Å². The highest BCUT2D eigenvalue weighted by atomic mass is 32.2. The highest BCUT2D eigenvalue weighted by molar-refractivity contribution is 8.02. The zero-order valence-corrected chi connectivity index (χ0v) is 15.1. The van der Waals surface area contributed by atoms with E-state index in [1.165, 1.54) is 35.9 Å². The summed E-state index contributed by atoms with van der Waals surface area (Å²) in [6, 6.07) is 6.61. The second-order valence-corrected chi connectivity index (χ2v) is 8.42. The molecular formula is C16H20N4OS2. The average Bonchev–Trinajstić information content (AvgIpc) is 3.21. The normalized spacial score (nSPS) is 15.3. The molecular weight excluding hydrogens is 328 g/mol. The summed E-state index contributed by atoms with van der Waals surface area (Å²) in [4.78, 5) is 12.4. The van der Waals surface area contributed by atoms with E-state index in [1.807, 2.05) is 39.0 Å². The minimum Gasteiger partial charge on any atom is -0.357 e. The zero-order chi connectivity index (χ0) is 16.4. The lowest BCUT2D eigenvalue weighted by Crippen LogP contribution is -2.22.